The van der Waals surface area contributed by atoms with Gasteiger partial charge in [-0.15, -0.1) is 22.7 Å². The van der Waals surface area contributed by atoms with Crippen molar-refractivity contribution in [1.82, 2.24) is 14.5 Å². The Kier molecular flexibility index (Phi) is 4.15. The van der Waals surface area contributed by atoms with Crippen LogP contribution in [0.3, 0.4) is 0 Å². The Morgan fingerprint density at radius 2 is 2.33 bits per heavy atom. The normalized spacial score (nSPS) is 13.4. The Bertz CT molecular complexity index is 975. The van der Waals surface area contributed by atoms with Crippen LogP contribution in [0.2, 0.25) is 0 Å². The van der Waals surface area contributed by atoms with Crippen molar-refractivity contribution in [2.24, 2.45) is 7.05 Å². The molecule has 1 amide bonds. The van der Waals surface area contributed by atoms with Gasteiger partial charge in [-0.05, 0) is 24.8 Å². The molecule has 0 saturated carbocycles. The van der Waals surface area contributed by atoms with E-state index in [-0.39, 0.29) is 17.2 Å². The van der Waals surface area contributed by atoms with Crippen molar-refractivity contribution in [3.63, 3.8) is 0 Å². The highest BCUT2D eigenvalue weighted by Gasteiger charge is 2.22. The van der Waals surface area contributed by atoms with Gasteiger partial charge in [0.25, 0.3) is 5.56 Å². The maximum Gasteiger partial charge on any atom is 0.262 e. The predicted octanol–water partition coefficient (Wildman–Crippen LogP) is 2.67. The van der Waals surface area contributed by atoms with Crippen molar-refractivity contribution in [2.45, 2.75) is 24.4 Å². The molecule has 124 valence electrons. The molecular weight excluding hydrogens is 364 g/mol. The number of thioether (sulfide) groups is 1. The molecule has 9 heteroatoms. The Morgan fingerprint density at radius 3 is 3.12 bits per heavy atom. The number of nitrogens with zero attached hydrogens (tertiary/aromatic N) is 3. The summed E-state index contributed by atoms with van der Waals surface area (Å²) in [5.41, 5.74) is 1.17. The van der Waals surface area contributed by atoms with Gasteiger partial charge in [-0.3, -0.25) is 14.2 Å². The summed E-state index contributed by atoms with van der Waals surface area (Å²) >= 11 is 4.26. The molecule has 0 saturated heterocycles. The monoisotopic (exact) mass is 378 g/mol. The maximum atomic E-state index is 12.7. The second-order valence-corrected chi connectivity index (χ2v) is 8.39. The lowest BCUT2D eigenvalue weighted by Crippen LogP contribution is -2.21. The SMILES string of the molecule is Cn1c(SCC(=O)Nc2nccs2)nc2sc3c(c2c1=O)CCC3. The van der Waals surface area contributed by atoms with Gasteiger partial charge in [-0.2, -0.15) is 0 Å². The van der Waals surface area contributed by atoms with Crippen LogP contribution in [0.25, 0.3) is 10.2 Å². The molecule has 1 N–H and O–H groups in total. The highest BCUT2D eigenvalue weighted by atomic mass is 32.2. The quantitative estimate of drug-likeness (QED) is 0.558. The van der Waals surface area contributed by atoms with E-state index in [9.17, 15) is 9.59 Å². The van der Waals surface area contributed by atoms with Crippen molar-refractivity contribution in [1.29, 1.82) is 0 Å². The van der Waals surface area contributed by atoms with Crippen molar-refractivity contribution in [2.75, 3.05) is 11.1 Å². The topological polar surface area (TPSA) is 76.9 Å². The molecule has 3 heterocycles. The summed E-state index contributed by atoms with van der Waals surface area (Å²) in [6.07, 6.45) is 4.77. The zero-order valence-electron chi connectivity index (χ0n) is 12.9. The molecule has 4 rings (SSSR count). The molecule has 1 aliphatic carbocycles. The number of rotatable bonds is 4. The van der Waals surface area contributed by atoms with E-state index in [1.165, 1.54) is 33.5 Å². The highest BCUT2D eigenvalue weighted by molar-refractivity contribution is 7.99. The molecule has 24 heavy (non-hydrogen) atoms. The first-order valence-corrected chi connectivity index (χ1v) is 10.1. The van der Waals surface area contributed by atoms with Gasteiger partial charge in [0.2, 0.25) is 5.91 Å². The Hall–Kier alpha value is -1.71. The van der Waals surface area contributed by atoms with Crippen LogP contribution in [-0.4, -0.2) is 26.2 Å². The fraction of sp³-hybridized carbons (Fsp3) is 0.333. The van der Waals surface area contributed by atoms with Gasteiger partial charge >= 0.3 is 0 Å². The maximum absolute atomic E-state index is 12.7. The minimum Gasteiger partial charge on any atom is -0.301 e. The first-order chi connectivity index (χ1) is 11.6. The van der Waals surface area contributed by atoms with E-state index in [1.807, 2.05) is 0 Å². The lowest BCUT2D eigenvalue weighted by atomic mass is 10.2. The molecule has 3 aromatic heterocycles. The molecule has 0 spiro atoms. The smallest absolute Gasteiger partial charge is 0.262 e. The molecule has 0 aliphatic heterocycles. The molecule has 0 aromatic carbocycles. The van der Waals surface area contributed by atoms with E-state index in [1.54, 1.807) is 34.5 Å². The van der Waals surface area contributed by atoms with Crippen LogP contribution >= 0.6 is 34.4 Å². The number of fused-ring (bicyclic) bond motifs is 3. The minimum atomic E-state index is -0.155. The largest absolute Gasteiger partial charge is 0.301 e. The van der Waals surface area contributed by atoms with Gasteiger partial charge in [0.15, 0.2) is 10.3 Å². The van der Waals surface area contributed by atoms with E-state index in [0.717, 1.165) is 29.5 Å². The van der Waals surface area contributed by atoms with Gasteiger partial charge in [0, 0.05) is 23.5 Å². The summed E-state index contributed by atoms with van der Waals surface area (Å²) < 4.78 is 1.55. The van der Waals surface area contributed by atoms with E-state index >= 15 is 0 Å². The minimum absolute atomic E-state index is 0.0118. The first-order valence-electron chi connectivity index (χ1n) is 7.47. The molecule has 1 aliphatic rings. The van der Waals surface area contributed by atoms with Crippen LogP contribution in [0.15, 0.2) is 21.5 Å². The Balaban J connectivity index is 1.57. The molecule has 0 unspecified atom stereocenters. The number of thiophene rings is 1. The summed E-state index contributed by atoms with van der Waals surface area (Å²) in [7, 11) is 1.72. The fourth-order valence-corrected chi connectivity index (χ4v) is 5.42. The van der Waals surface area contributed by atoms with E-state index < -0.39 is 0 Å². The molecule has 6 nitrogen and oxygen atoms in total. The van der Waals surface area contributed by atoms with Crippen LogP contribution in [0, 0.1) is 0 Å². The predicted molar refractivity (Wildman–Crippen MR) is 98.4 cm³/mol. The number of carbonyl (C=O) groups excluding carboxylic acids is 1. The number of thiazole rings is 1. The van der Waals surface area contributed by atoms with Gasteiger partial charge in [0.05, 0.1) is 11.1 Å². The number of anilines is 1. The second-order valence-electron chi connectivity index (χ2n) is 5.47. The summed E-state index contributed by atoms with van der Waals surface area (Å²) in [6, 6.07) is 0. The molecule has 3 aromatic rings. The molecule has 0 radical (unpaired) electrons. The van der Waals surface area contributed by atoms with Crippen molar-refractivity contribution in [3.8, 4) is 0 Å². The van der Waals surface area contributed by atoms with Crippen LogP contribution in [0.5, 0.6) is 0 Å². The number of amides is 1. The summed E-state index contributed by atoms with van der Waals surface area (Å²) in [5.74, 6) is 0.0363. The molecule has 0 fully saturated rings. The van der Waals surface area contributed by atoms with Crippen LogP contribution in [0.1, 0.15) is 16.9 Å². The number of aryl methyl sites for hydroxylation is 2. The standard InChI is InChI=1S/C15H14N4O2S3/c1-19-13(21)11-8-3-2-4-9(8)24-12(11)18-15(19)23-7-10(20)17-14-16-5-6-22-14/h5-6H,2-4,7H2,1H3,(H,16,17,20). The number of aromatic nitrogens is 3. The number of carbonyl (C=O) groups is 1. The zero-order valence-corrected chi connectivity index (χ0v) is 15.3. The van der Waals surface area contributed by atoms with Gasteiger partial charge in [-0.25, -0.2) is 9.97 Å². The molecule has 0 bridgehead atoms. The van der Waals surface area contributed by atoms with Crippen LogP contribution in [0.4, 0.5) is 5.13 Å². The number of hydrogen-bond donors (Lipinski definition) is 1. The van der Waals surface area contributed by atoms with Gasteiger partial charge in [0.1, 0.15) is 4.83 Å². The fourth-order valence-electron chi connectivity index (χ4n) is 2.81. The average molecular weight is 379 g/mol. The second kappa shape index (κ2) is 6.30. The van der Waals surface area contributed by atoms with Crippen LogP contribution in [-0.2, 0) is 24.7 Å². The number of nitrogens with one attached hydrogen (secondary N) is 1. The van der Waals surface area contributed by atoms with E-state index in [0.29, 0.717) is 10.3 Å². The third kappa shape index (κ3) is 2.76. The van der Waals surface area contributed by atoms with Crippen molar-refractivity contribution >= 4 is 55.7 Å². The van der Waals surface area contributed by atoms with Crippen LogP contribution < -0.4 is 10.9 Å². The van der Waals surface area contributed by atoms with E-state index in [2.05, 4.69) is 15.3 Å². The average Bonchev–Trinajstić information content (AvgIpc) is 3.26. The summed E-state index contributed by atoms with van der Waals surface area (Å²) in [6.45, 7) is 0. The summed E-state index contributed by atoms with van der Waals surface area (Å²) in [5, 5.41) is 6.45. The highest BCUT2D eigenvalue weighted by Crippen LogP contribution is 2.35. The Labute approximate surface area is 149 Å². The van der Waals surface area contributed by atoms with Gasteiger partial charge in [-0.1, -0.05) is 11.8 Å². The third-order valence-corrected chi connectivity index (χ3v) is 6.82. The number of hydrogen-bond acceptors (Lipinski definition) is 7. The lowest BCUT2D eigenvalue weighted by Gasteiger charge is -2.07. The first kappa shape index (κ1) is 15.8. The molecular formula is C15H14N4O2S3. The lowest BCUT2D eigenvalue weighted by molar-refractivity contribution is -0.113. The molecule has 0 atom stereocenters. The zero-order chi connectivity index (χ0) is 16.7. The van der Waals surface area contributed by atoms with Crippen molar-refractivity contribution in [3.05, 3.63) is 32.4 Å². The van der Waals surface area contributed by atoms with Crippen molar-refractivity contribution < 1.29 is 4.79 Å². The third-order valence-electron chi connectivity index (χ3n) is 3.92. The van der Waals surface area contributed by atoms with Gasteiger partial charge < -0.3 is 5.32 Å². The van der Waals surface area contributed by atoms with E-state index in [4.69, 9.17) is 0 Å². The summed E-state index contributed by atoms with van der Waals surface area (Å²) in [4.78, 5) is 35.4. The Morgan fingerprint density at radius 1 is 1.46 bits per heavy atom.